The van der Waals surface area contributed by atoms with Crippen molar-refractivity contribution >= 4 is 6.09 Å². The van der Waals surface area contributed by atoms with Gasteiger partial charge in [-0.3, -0.25) is 4.90 Å². The van der Waals surface area contributed by atoms with Gasteiger partial charge in [-0.05, 0) is 78.6 Å². The lowest BCUT2D eigenvalue weighted by molar-refractivity contribution is -0.0348. The van der Waals surface area contributed by atoms with E-state index in [9.17, 15) is 9.18 Å². The largest absolute Gasteiger partial charge is 0.497 e. The molecule has 2 aromatic carbocycles. The SMILES string of the molecule is COc1ccc(F)c(-c2ccc3c(c2)CC(C)(C)C3NC(=O)O[C@@H]2CN3CCC2CC3)c1. The fourth-order valence-corrected chi connectivity index (χ4v) is 5.68. The van der Waals surface area contributed by atoms with E-state index in [-0.39, 0.29) is 29.5 Å². The van der Waals surface area contributed by atoms with Crippen LogP contribution in [0.15, 0.2) is 36.4 Å². The molecular weight excluding hydrogens is 407 g/mol. The number of carbonyl (C=O) groups excluding carboxylic acids is 1. The zero-order valence-corrected chi connectivity index (χ0v) is 19.0. The maximum Gasteiger partial charge on any atom is 0.407 e. The molecule has 3 fully saturated rings. The summed E-state index contributed by atoms with van der Waals surface area (Å²) in [6.45, 7) is 7.38. The van der Waals surface area contributed by atoms with Gasteiger partial charge in [0.15, 0.2) is 0 Å². The number of hydrogen-bond acceptors (Lipinski definition) is 4. The second kappa shape index (κ2) is 8.07. The topological polar surface area (TPSA) is 50.8 Å². The van der Waals surface area contributed by atoms with Crippen LogP contribution in [0.3, 0.4) is 0 Å². The summed E-state index contributed by atoms with van der Waals surface area (Å²) in [4.78, 5) is 15.2. The first kappa shape index (κ1) is 21.3. The smallest absolute Gasteiger partial charge is 0.407 e. The Bertz CT molecular complexity index is 1030. The number of hydrogen-bond donors (Lipinski definition) is 1. The Morgan fingerprint density at radius 1 is 1.16 bits per heavy atom. The van der Waals surface area contributed by atoms with E-state index >= 15 is 0 Å². The van der Waals surface area contributed by atoms with Crippen molar-refractivity contribution in [2.45, 2.75) is 45.3 Å². The molecule has 1 unspecified atom stereocenters. The van der Waals surface area contributed by atoms with Gasteiger partial charge in [-0.2, -0.15) is 0 Å². The molecule has 32 heavy (non-hydrogen) atoms. The summed E-state index contributed by atoms with van der Waals surface area (Å²) in [5.74, 6) is 0.825. The van der Waals surface area contributed by atoms with Crippen LogP contribution in [0.1, 0.15) is 43.9 Å². The Morgan fingerprint density at radius 2 is 1.94 bits per heavy atom. The minimum atomic E-state index is -0.336. The Kier molecular flexibility index (Phi) is 5.36. The van der Waals surface area contributed by atoms with Crippen LogP contribution in [0, 0.1) is 17.2 Å². The van der Waals surface area contributed by atoms with E-state index in [1.165, 1.54) is 6.07 Å². The van der Waals surface area contributed by atoms with E-state index < -0.39 is 0 Å². The number of benzene rings is 2. The number of nitrogens with one attached hydrogen (secondary N) is 1. The number of fused-ring (bicyclic) bond motifs is 4. The number of methoxy groups -OCH3 is 1. The van der Waals surface area contributed by atoms with E-state index in [4.69, 9.17) is 9.47 Å². The summed E-state index contributed by atoms with van der Waals surface area (Å²) in [6.07, 6.45) is 2.67. The number of nitrogens with zero attached hydrogens (tertiary/aromatic N) is 1. The van der Waals surface area contributed by atoms with Crippen molar-refractivity contribution in [3.63, 3.8) is 0 Å². The molecule has 1 amide bonds. The van der Waals surface area contributed by atoms with Crippen LogP contribution in [0.25, 0.3) is 11.1 Å². The third kappa shape index (κ3) is 3.85. The van der Waals surface area contributed by atoms with Crippen molar-refractivity contribution in [1.29, 1.82) is 0 Å². The van der Waals surface area contributed by atoms with Gasteiger partial charge in [0.05, 0.1) is 13.2 Å². The van der Waals surface area contributed by atoms with Crippen molar-refractivity contribution in [2.75, 3.05) is 26.7 Å². The molecule has 0 saturated carbocycles. The van der Waals surface area contributed by atoms with Gasteiger partial charge in [-0.15, -0.1) is 0 Å². The average Bonchev–Trinajstić information content (AvgIpc) is 3.03. The summed E-state index contributed by atoms with van der Waals surface area (Å²) < 4.78 is 25.6. The highest BCUT2D eigenvalue weighted by Crippen LogP contribution is 2.46. The average molecular weight is 439 g/mol. The van der Waals surface area contributed by atoms with Gasteiger partial charge in [-0.25, -0.2) is 9.18 Å². The van der Waals surface area contributed by atoms with Crippen molar-refractivity contribution < 1.29 is 18.7 Å². The van der Waals surface area contributed by atoms with Crippen molar-refractivity contribution in [1.82, 2.24) is 10.2 Å². The van der Waals surface area contributed by atoms with Gasteiger partial charge in [0.1, 0.15) is 17.7 Å². The highest BCUT2D eigenvalue weighted by molar-refractivity contribution is 5.71. The highest BCUT2D eigenvalue weighted by Gasteiger charge is 2.42. The number of carbonyl (C=O) groups is 1. The third-order valence-electron chi connectivity index (χ3n) is 7.48. The van der Waals surface area contributed by atoms with Crippen LogP contribution in [0.2, 0.25) is 0 Å². The first-order chi connectivity index (χ1) is 15.3. The summed E-state index contributed by atoms with van der Waals surface area (Å²) in [6, 6.07) is 10.6. The lowest BCUT2D eigenvalue weighted by Crippen LogP contribution is -2.53. The number of halogens is 1. The van der Waals surface area contributed by atoms with E-state index in [1.54, 1.807) is 19.2 Å². The van der Waals surface area contributed by atoms with Gasteiger partial charge in [0, 0.05) is 12.1 Å². The molecule has 2 atom stereocenters. The molecule has 0 aromatic heterocycles. The summed E-state index contributed by atoms with van der Waals surface area (Å²) in [5.41, 5.74) is 3.37. The minimum absolute atomic E-state index is 0.0140. The zero-order valence-electron chi connectivity index (χ0n) is 19.0. The van der Waals surface area contributed by atoms with Gasteiger partial charge in [0.25, 0.3) is 0 Å². The molecule has 4 aliphatic rings. The van der Waals surface area contributed by atoms with E-state index in [1.807, 2.05) is 18.2 Å². The van der Waals surface area contributed by atoms with E-state index in [0.29, 0.717) is 17.2 Å². The molecule has 2 bridgehead atoms. The monoisotopic (exact) mass is 438 g/mol. The van der Waals surface area contributed by atoms with Crippen LogP contribution in [-0.2, 0) is 11.2 Å². The maximum absolute atomic E-state index is 14.5. The van der Waals surface area contributed by atoms with Gasteiger partial charge in [0.2, 0.25) is 0 Å². The maximum atomic E-state index is 14.5. The molecule has 6 rings (SSSR count). The fraction of sp³-hybridized carbons (Fsp3) is 0.500. The third-order valence-corrected chi connectivity index (χ3v) is 7.48. The lowest BCUT2D eigenvalue weighted by atomic mass is 9.85. The van der Waals surface area contributed by atoms with Crippen molar-refractivity contribution in [2.24, 2.45) is 11.3 Å². The molecule has 0 spiro atoms. The summed E-state index contributed by atoms with van der Waals surface area (Å²) in [5, 5.41) is 3.15. The number of alkyl carbamates (subject to hydrolysis) is 1. The predicted molar refractivity (Wildman–Crippen MR) is 121 cm³/mol. The normalized spacial score (nSPS) is 27.6. The Morgan fingerprint density at radius 3 is 2.62 bits per heavy atom. The van der Waals surface area contributed by atoms with Gasteiger partial charge in [-0.1, -0.05) is 32.0 Å². The van der Waals surface area contributed by atoms with Crippen LogP contribution >= 0.6 is 0 Å². The first-order valence-corrected chi connectivity index (χ1v) is 11.5. The van der Waals surface area contributed by atoms with Crippen LogP contribution in [0.5, 0.6) is 5.75 Å². The number of piperidine rings is 3. The van der Waals surface area contributed by atoms with Crippen LogP contribution in [-0.4, -0.2) is 43.8 Å². The Hall–Kier alpha value is -2.60. The zero-order chi connectivity index (χ0) is 22.5. The first-order valence-electron chi connectivity index (χ1n) is 11.5. The highest BCUT2D eigenvalue weighted by atomic mass is 19.1. The molecule has 1 aliphatic carbocycles. The predicted octanol–water partition coefficient (Wildman–Crippen LogP) is 4.95. The molecule has 5 nitrogen and oxygen atoms in total. The molecule has 6 heteroatoms. The molecule has 3 heterocycles. The van der Waals surface area contributed by atoms with E-state index in [0.717, 1.165) is 55.6 Å². The molecule has 3 aliphatic heterocycles. The molecular formula is C26H31FN2O3. The van der Waals surface area contributed by atoms with Gasteiger partial charge < -0.3 is 14.8 Å². The number of amides is 1. The molecule has 1 N–H and O–H groups in total. The number of rotatable bonds is 4. The van der Waals surface area contributed by atoms with E-state index in [2.05, 4.69) is 24.1 Å². The second-order valence-corrected chi connectivity index (χ2v) is 10.1. The van der Waals surface area contributed by atoms with Crippen molar-refractivity contribution in [3.05, 3.63) is 53.3 Å². The molecule has 170 valence electrons. The van der Waals surface area contributed by atoms with Crippen molar-refractivity contribution in [3.8, 4) is 16.9 Å². The quantitative estimate of drug-likeness (QED) is 0.734. The summed E-state index contributed by atoms with van der Waals surface area (Å²) in [7, 11) is 1.58. The molecule has 0 radical (unpaired) electrons. The second-order valence-electron chi connectivity index (χ2n) is 10.1. The van der Waals surface area contributed by atoms with Gasteiger partial charge >= 0.3 is 6.09 Å². The van der Waals surface area contributed by atoms with Crippen LogP contribution < -0.4 is 10.1 Å². The standard InChI is InChI=1S/C26H31FN2O3/c1-26(2)14-18-12-17(21-13-19(31-3)5-7-22(21)27)4-6-20(18)24(26)28-25(30)32-23-15-29-10-8-16(23)9-11-29/h4-7,12-13,16,23-24H,8-11,14-15H2,1-3H3,(H,28,30)/t23-,24?/m1/s1. The summed E-state index contributed by atoms with van der Waals surface area (Å²) >= 11 is 0. The lowest BCUT2D eigenvalue weighted by Gasteiger charge is -2.44. The molecule has 2 aromatic rings. The Labute approximate surface area is 188 Å². The Balaban J connectivity index is 1.35. The fourth-order valence-electron chi connectivity index (χ4n) is 5.68. The molecule has 3 saturated heterocycles. The number of ether oxygens (including phenoxy) is 2. The minimum Gasteiger partial charge on any atom is -0.497 e. The van der Waals surface area contributed by atoms with Crippen LogP contribution in [0.4, 0.5) is 9.18 Å².